The van der Waals surface area contributed by atoms with Crippen molar-refractivity contribution in [3.8, 4) is 5.75 Å². The molecule has 0 unspecified atom stereocenters. The Balaban J connectivity index is 2.43. The summed E-state index contributed by atoms with van der Waals surface area (Å²) in [6.45, 7) is 13.5. The molecule has 0 saturated heterocycles. The molecule has 136 valence electrons. The van der Waals surface area contributed by atoms with Crippen LogP contribution in [-0.4, -0.2) is 42.5 Å². The van der Waals surface area contributed by atoms with Crippen LogP contribution >= 0.6 is 0 Å². The van der Waals surface area contributed by atoms with Crippen molar-refractivity contribution in [3.63, 3.8) is 0 Å². The summed E-state index contributed by atoms with van der Waals surface area (Å²) in [4.78, 5) is 26.1. The molecule has 2 rings (SSSR count). The number of rotatable bonds is 2. The van der Waals surface area contributed by atoms with Crippen LogP contribution in [0, 0.1) is 5.92 Å². The largest absolute Gasteiger partial charge is 0.612 e. The summed E-state index contributed by atoms with van der Waals surface area (Å²) < 4.78 is 15.9. The van der Waals surface area contributed by atoms with E-state index in [9.17, 15) is 9.59 Å². The molecule has 0 saturated carbocycles. The number of ether oxygens (including phenoxy) is 2. The number of benzene rings is 1. The molecule has 1 aromatic carbocycles. The Hall–Kier alpha value is -2.37. The highest BCUT2D eigenvalue weighted by atomic mass is 16.6. The molecule has 6 nitrogen and oxygen atoms in total. The van der Waals surface area contributed by atoms with E-state index in [4.69, 9.17) is 9.47 Å². The molecule has 1 aliphatic rings. The molecule has 1 aromatic rings. The standard InChI is InChI=1S/C19H26NO5/c1-12(2)16-14-8-7-13(17(21)23-6)11-15(14)24-10-9-20(16)18(22)25-19(3,4)5/h7-8,11-12,16H,6,9-10H2,1-5H3/q+1/t16-/m1/s1. The van der Waals surface area contributed by atoms with Gasteiger partial charge in [-0.2, -0.15) is 0 Å². The van der Waals surface area contributed by atoms with Crippen molar-refractivity contribution in [2.24, 2.45) is 5.92 Å². The quantitative estimate of drug-likeness (QED) is 0.767. The molecule has 0 spiro atoms. The Labute approximate surface area is 148 Å². The van der Waals surface area contributed by atoms with Crippen molar-refractivity contribution >= 4 is 18.9 Å². The monoisotopic (exact) mass is 348 g/mol. The van der Waals surface area contributed by atoms with Crippen LogP contribution in [-0.2, 0) is 9.16 Å². The molecule has 1 amide bonds. The van der Waals surface area contributed by atoms with Gasteiger partial charge in [0.1, 0.15) is 23.5 Å². The minimum atomic E-state index is -0.573. The van der Waals surface area contributed by atoms with E-state index in [0.29, 0.717) is 24.5 Å². The van der Waals surface area contributed by atoms with Crippen LogP contribution in [0.3, 0.4) is 0 Å². The molecule has 0 bridgehead atoms. The average Bonchev–Trinajstić information content (AvgIpc) is 2.71. The molecule has 0 N–H and O–H groups in total. The molecular formula is C19H26NO5+. The van der Waals surface area contributed by atoms with E-state index in [-0.39, 0.29) is 18.1 Å². The minimum absolute atomic E-state index is 0.138. The van der Waals surface area contributed by atoms with E-state index >= 15 is 0 Å². The first-order chi connectivity index (χ1) is 11.6. The normalized spacial score (nSPS) is 17.4. The number of fused-ring (bicyclic) bond motifs is 1. The van der Waals surface area contributed by atoms with Crippen LogP contribution < -0.4 is 4.74 Å². The molecule has 6 heteroatoms. The van der Waals surface area contributed by atoms with Crippen molar-refractivity contribution in [1.82, 2.24) is 4.90 Å². The molecule has 25 heavy (non-hydrogen) atoms. The fraction of sp³-hybridized carbons (Fsp3) is 0.526. The van der Waals surface area contributed by atoms with Gasteiger partial charge in [0.25, 0.3) is 0 Å². The molecule has 0 fully saturated rings. The maximum atomic E-state index is 12.7. The van der Waals surface area contributed by atoms with Gasteiger partial charge in [0.2, 0.25) is 0 Å². The van der Waals surface area contributed by atoms with E-state index in [1.807, 2.05) is 34.6 Å². The summed E-state index contributed by atoms with van der Waals surface area (Å²) in [7, 11) is 0. The van der Waals surface area contributed by atoms with Crippen molar-refractivity contribution in [3.05, 3.63) is 29.3 Å². The van der Waals surface area contributed by atoms with Crippen molar-refractivity contribution in [2.75, 3.05) is 13.2 Å². The number of hydrogen-bond donors (Lipinski definition) is 0. The fourth-order valence-electron chi connectivity index (χ4n) is 2.92. The molecular weight excluding hydrogens is 322 g/mol. The van der Waals surface area contributed by atoms with Crippen LogP contribution in [0.5, 0.6) is 5.75 Å². The third-order valence-corrected chi connectivity index (χ3v) is 3.88. The topological polar surface area (TPSA) is 67.1 Å². The SMILES string of the molecule is C=[O+]C(=O)c1ccc2c(c1)OCCN(C(=O)OC(C)(C)C)[C@@H]2C(C)C. The minimum Gasteiger partial charge on any atom is -0.491 e. The Morgan fingerprint density at radius 1 is 1.36 bits per heavy atom. The van der Waals surface area contributed by atoms with Crippen LogP contribution in [0.1, 0.15) is 56.6 Å². The number of carbonyl (C=O) groups excluding carboxylic acids is 3. The second-order valence-corrected chi connectivity index (χ2v) is 7.40. The fourth-order valence-corrected chi connectivity index (χ4v) is 2.92. The summed E-state index contributed by atoms with van der Waals surface area (Å²) in [5.74, 6) is 0.187. The lowest BCUT2D eigenvalue weighted by molar-refractivity contribution is -0.334. The van der Waals surface area contributed by atoms with Gasteiger partial charge in [0.15, 0.2) is 6.79 Å². The van der Waals surface area contributed by atoms with Crippen LogP contribution in [0.2, 0.25) is 0 Å². The summed E-state index contributed by atoms with van der Waals surface area (Å²) in [5, 5.41) is 0. The maximum absolute atomic E-state index is 12.7. The summed E-state index contributed by atoms with van der Waals surface area (Å²) in [5.41, 5.74) is 0.636. The summed E-state index contributed by atoms with van der Waals surface area (Å²) in [6.07, 6.45) is -0.371. The molecule has 0 aliphatic carbocycles. The first-order valence-electron chi connectivity index (χ1n) is 8.36. The van der Waals surface area contributed by atoms with E-state index in [0.717, 1.165) is 5.56 Å². The lowest BCUT2D eigenvalue weighted by Gasteiger charge is -2.34. The van der Waals surface area contributed by atoms with Crippen LogP contribution in [0.25, 0.3) is 0 Å². The second-order valence-electron chi connectivity index (χ2n) is 7.40. The van der Waals surface area contributed by atoms with Gasteiger partial charge in [0, 0.05) is 11.6 Å². The zero-order chi connectivity index (χ0) is 18.8. The van der Waals surface area contributed by atoms with E-state index in [1.165, 1.54) is 0 Å². The van der Waals surface area contributed by atoms with Crippen LogP contribution in [0.4, 0.5) is 4.79 Å². The highest BCUT2D eigenvalue weighted by Gasteiger charge is 2.35. The lowest BCUT2D eigenvalue weighted by atomic mass is 9.93. The Morgan fingerprint density at radius 2 is 2.04 bits per heavy atom. The summed E-state index contributed by atoms with van der Waals surface area (Å²) in [6, 6.07) is 4.88. The maximum Gasteiger partial charge on any atom is 0.612 e. The van der Waals surface area contributed by atoms with Gasteiger partial charge in [-0.15, -0.1) is 0 Å². The molecule has 1 atom stereocenters. The van der Waals surface area contributed by atoms with E-state index in [2.05, 4.69) is 11.2 Å². The lowest BCUT2D eigenvalue weighted by Crippen LogP contribution is -2.41. The number of carbonyl (C=O) groups is 2. The molecule has 0 aromatic heterocycles. The van der Waals surface area contributed by atoms with Gasteiger partial charge in [-0.05, 0) is 32.8 Å². The predicted octanol–water partition coefficient (Wildman–Crippen LogP) is 3.52. The zero-order valence-electron chi connectivity index (χ0n) is 15.5. The third-order valence-electron chi connectivity index (χ3n) is 3.88. The van der Waals surface area contributed by atoms with Crippen molar-refractivity contribution in [2.45, 2.75) is 46.3 Å². The van der Waals surface area contributed by atoms with E-state index < -0.39 is 11.6 Å². The Bertz CT molecular complexity index is 675. The summed E-state index contributed by atoms with van der Waals surface area (Å²) >= 11 is 0. The van der Waals surface area contributed by atoms with Crippen molar-refractivity contribution < 1.29 is 23.5 Å². The van der Waals surface area contributed by atoms with E-state index in [1.54, 1.807) is 23.1 Å². The Kier molecular flexibility index (Phi) is 5.50. The van der Waals surface area contributed by atoms with Gasteiger partial charge >= 0.3 is 12.1 Å². The second kappa shape index (κ2) is 7.25. The highest BCUT2D eigenvalue weighted by Crippen LogP contribution is 2.38. The number of hydrogen-bond acceptors (Lipinski definition) is 4. The smallest absolute Gasteiger partial charge is 0.491 e. The average molecular weight is 348 g/mol. The predicted molar refractivity (Wildman–Crippen MR) is 93.9 cm³/mol. The van der Waals surface area contributed by atoms with Gasteiger partial charge in [0.05, 0.1) is 17.4 Å². The van der Waals surface area contributed by atoms with Gasteiger partial charge in [-0.3, -0.25) is 9.32 Å². The van der Waals surface area contributed by atoms with Gasteiger partial charge in [-0.1, -0.05) is 19.9 Å². The number of amides is 1. The zero-order valence-corrected chi connectivity index (χ0v) is 15.5. The Morgan fingerprint density at radius 3 is 2.60 bits per heavy atom. The van der Waals surface area contributed by atoms with Crippen LogP contribution in [0.15, 0.2) is 18.2 Å². The first kappa shape index (κ1) is 19.0. The van der Waals surface area contributed by atoms with Gasteiger partial charge < -0.3 is 9.47 Å². The molecule has 1 aliphatic heterocycles. The first-order valence-corrected chi connectivity index (χ1v) is 8.36. The molecule has 0 radical (unpaired) electrons. The van der Waals surface area contributed by atoms with Crippen molar-refractivity contribution in [1.29, 1.82) is 0 Å². The molecule has 1 heterocycles. The number of nitrogens with zero attached hydrogens (tertiary/aromatic N) is 1. The van der Waals surface area contributed by atoms with Gasteiger partial charge in [-0.25, -0.2) is 4.79 Å². The third kappa shape index (κ3) is 4.38. The highest BCUT2D eigenvalue weighted by molar-refractivity contribution is 5.87.